The van der Waals surface area contributed by atoms with Crippen molar-refractivity contribution in [3.05, 3.63) is 59.2 Å². The van der Waals surface area contributed by atoms with Gasteiger partial charge in [-0.05, 0) is 42.7 Å². The zero-order chi connectivity index (χ0) is 20.8. The summed E-state index contributed by atoms with van der Waals surface area (Å²) in [5, 5.41) is 3.01. The van der Waals surface area contributed by atoms with Gasteiger partial charge in [-0.3, -0.25) is 14.5 Å². The highest BCUT2D eigenvalue weighted by atomic mass is 16.5. The fraction of sp³-hybridized carbons (Fsp3) is 0.391. The van der Waals surface area contributed by atoms with E-state index < -0.39 is 0 Å². The maximum absolute atomic E-state index is 12.8. The summed E-state index contributed by atoms with van der Waals surface area (Å²) < 4.78 is 5.33. The zero-order valence-electron chi connectivity index (χ0n) is 17.4. The molecule has 0 saturated carbocycles. The van der Waals surface area contributed by atoms with Crippen molar-refractivity contribution in [3.8, 4) is 5.75 Å². The fourth-order valence-corrected chi connectivity index (χ4v) is 3.59. The third-order valence-electron chi connectivity index (χ3n) is 5.35. The Balaban J connectivity index is 1.52. The minimum atomic E-state index is -0.0195. The highest BCUT2D eigenvalue weighted by Gasteiger charge is 2.24. The van der Waals surface area contributed by atoms with Crippen molar-refractivity contribution in [1.82, 2.24) is 9.80 Å². The van der Waals surface area contributed by atoms with E-state index in [1.54, 1.807) is 13.2 Å². The summed E-state index contributed by atoms with van der Waals surface area (Å²) in [6.07, 6.45) is 0.876. The molecule has 1 aliphatic heterocycles. The van der Waals surface area contributed by atoms with Crippen LogP contribution in [0.3, 0.4) is 0 Å². The molecule has 154 valence electrons. The molecular weight excluding hydrogens is 366 g/mol. The normalized spacial score (nSPS) is 14.5. The molecule has 0 radical (unpaired) electrons. The number of aryl methyl sites for hydroxylation is 2. The van der Waals surface area contributed by atoms with E-state index in [2.05, 4.69) is 17.1 Å². The van der Waals surface area contributed by atoms with Gasteiger partial charge in [0.15, 0.2) is 0 Å². The number of hydrogen-bond donors (Lipinski definition) is 1. The van der Waals surface area contributed by atoms with Gasteiger partial charge in [-0.15, -0.1) is 0 Å². The first kappa shape index (κ1) is 20.9. The number of piperazine rings is 1. The maximum atomic E-state index is 12.8. The number of hydrogen-bond acceptors (Lipinski definition) is 4. The van der Waals surface area contributed by atoms with Gasteiger partial charge in [0.25, 0.3) is 5.91 Å². The molecule has 1 saturated heterocycles. The van der Waals surface area contributed by atoms with E-state index in [9.17, 15) is 9.59 Å². The van der Waals surface area contributed by atoms with Crippen molar-refractivity contribution in [2.75, 3.05) is 45.2 Å². The summed E-state index contributed by atoms with van der Waals surface area (Å²) in [7, 11) is 1.61. The molecule has 0 bridgehead atoms. The number of ether oxygens (including phenoxy) is 1. The summed E-state index contributed by atoms with van der Waals surface area (Å²) >= 11 is 0. The van der Waals surface area contributed by atoms with E-state index in [1.807, 2.05) is 48.2 Å². The zero-order valence-corrected chi connectivity index (χ0v) is 17.4. The number of carbonyl (C=O) groups is 2. The Morgan fingerprint density at radius 2 is 1.79 bits per heavy atom. The summed E-state index contributed by atoms with van der Waals surface area (Å²) in [6.45, 7) is 6.93. The van der Waals surface area contributed by atoms with Gasteiger partial charge < -0.3 is 15.0 Å². The lowest BCUT2D eigenvalue weighted by atomic mass is 10.1. The number of para-hydroxylation sites is 1. The number of benzene rings is 2. The molecule has 2 amide bonds. The Kier molecular flexibility index (Phi) is 6.88. The Morgan fingerprint density at radius 3 is 2.48 bits per heavy atom. The van der Waals surface area contributed by atoms with Crippen LogP contribution >= 0.6 is 0 Å². The van der Waals surface area contributed by atoms with E-state index in [0.717, 1.165) is 29.0 Å². The predicted octanol–water partition coefficient (Wildman–Crippen LogP) is 2.96. The monoisotopic (exact) mass is 395 g/mol. The number of methoxy groups -OCH3 is 1. The van der Waals surface area contributed by atoms with E-state index >= 15 is 0 Å². The van der Waals surface area contributed by atoms with Crippen molar-refractivity contribution in [2.24, 2.45) is 0 Å². The smallest absolute Gasteiger partial charge is 0.254 e. The predicted molar refractivity (Wildman–Crippen MR) is 115 cm³/mol. The summed E-state index contributed by atoms with van der Waals surface area (Å²) in [5.74, 6) is 0.705. The summed E-state index contributed by atoms with van der Waals surface area (Å²) in [5.41, 5.74) is 3.64. The van der Waals surface area contributed by atoms with E-state index in [-0.39, 0.29) is 11.8 Å². The van der Waals surface area contributed by atoms with Crippen LogP contribution in [0.2, 0.25) is 0 Å². The first-order chi connectivity index (χ1) is 14.0. The van der Waals surface area contributed by atoms with E-state index in [0.29, 0.717) is 38.3 Å². The van der Waals surface area contributed by atoms with Crippen molar-refractivity contribution < 1.29 is 14.3 Å². The van der Waals surface area contributed by atoms with Crippen LogP contribution < -0.4 is 10.1 Å². The van der Waals surface area contributed by atoms with Gasteiger partial charge >= 0.3 is 0 Å². The molecular formula is C23H29N3O3. The van der Waals surface area contributed by atoms with Crippen molar-refractivity contribution >= 4 is 17.5 Å². The molecule has 29 heavy (non-hydrogen) atoms. The molecule has 0 unspecified atom stereocenters. The molecule has 0 aliphatic carbocycles. The van der Waals surface area contributed by atoms with Gasteiger partial charge in [-0.1, -0.05) is 31.2 Å². The molecule has 1 heterocycles. The van der Waals surface area contributed by atoms with E-state index in [4.69, 9.17) is 4.74 Å². The standard InChI is InChI=1S/C23H29N3O3/c1-4-18-7-5-6-8-20(18)24-22(27)16-25-11-13-26(14-12-25)23(28)19-10-9-17(2)21(15-19)29-3/h5-10,15H,4,11-14,16H2,1-3H3,(H,24,27). The SMILES string of the molecule is CCc1ccccc1NC(=O)CN1CCN(C(=O)c2ccc(C)c(OC)c2)CC1. The Hall–Kier alpha value is -2.86. The molecule has 6 heteroatoms. The van der Waals surface area contributed by atoms with Crippen molar-refractivity contribution in [3.63, 3.8) is 0 Å². The van der Waals surface area contributed by atoms with Crippen LogP contribution in [0.15, 0.2) is 42.5 Å². The lowest BCUT2D eigenvalue weighted by molar-refractivity contribution is -0.117. The number of nitrogens with one attached hydrogen (secondary N) is 1. The molecule has 2 aromatic rings. The van der Waals surface area contributed by atoms with Crippen molar-refractivity contribution in [1.29, 1.82) is 0 Å². The average Bonchev–Trinajstić information content (AvgIpc) is 2.74. The average molecular weight is 396 g/mol. The van der Waals surface area contributed by atoms with Crippen LogP contribution in [0.4, 0.5) is 5.69 Å². The van der Waals surface area contributed by atoms with Gasteiger partial charge in [0.1, 0.15) is 5.75 Å². The van der Waals surface area contributed by atoms with Crippen LogP contribution in [0.25, 0.3) is 0 Å². The highest BCUT2D eigenvalue weighted by Crippen LogP contribution is 2.20. The summed E-state index contributed by atoms with van der Waals surface area (Å²) in [6, 6.07) is 13.4. The number of carbonyl (C=O) groups excluding carboxylic acids is 2. The number of amides is 2. The van der Waals surface area contributed by atoms with Crippen LogP contribution in [0.5, 0.6) is 5.75 Å². The molecule has 2 aromatic carbocycles. The maximum Gasteiger partial charge on any atom is 0.254 e. The fourth-order valence-electron chi connectivity index (χ4n) is 3.59. The van der Waals surface area contributed by atoms with Gasteiger partial charge in [0.05, 0.1) is 13.7 Å². The second-order valence-electron chi connectivity index (χ2n) is 7.31. The third kappa shape index (κ3) is 5.15. The molecule has 1 N–H and O–H groups in total. The van der Waals surface area contributed by atoms with Crippen LogP contribution in [0, 0.1) is 6.92 Å². The Morgan fingerprint density at radius 1 is 1.07 bits per heavy atom. The second kappa shape index (κ2) is 9.56. The molecule has 1 fully saturated rings. The number of rotatable bonds is 6. The molecule has 6 nitrogen and oxygen atoms in total. The van der Waals surface area contributed by atoms with Gasteiger partial charge in [-0.2, -0.15) is 0 Å². The lowest BCUT2D eigenvalue weighted by Crippen LogP contribution is -2.50. The van der Waals surface area contributed by atoms with Crippen LogP contribution in [-0.4, -0.2) is 61.4 Å². The van der Waals surface area contributed by atoms with Crippen LogP contribution in [0.1, 0.15) is 28.4 Å². The number of nitrogens with zero attached hydrogens (tertiary/aromatic N) is 2. The molecule has 0 atom stereocenters. The largest absolute Gasteiger partial charge is 0.496 e. The molecule has 0 aromatic heterocycles. The minimum Gasteiger partial charge on any atom is -0.496 e. The van der Waals surface area contributed by atoms with Crippen molar-refractivity contribution in [2.45, 2.75) is 20.3 Å². The van der Waals surface area contributed by atoms with Crippen LogP contribution in [-0.2, 0) is 11.2 Å². The molecule has 1 aliphatic rings. The van der Waals surface area contributed by atoms with Gasteiger partial charge in [-0.25, -0.2) is 0 Å². The first-order valence-electron chi connectivity index (χ1n) is 10.1. The Labute approximate surface area is 172 Å². The van der Waals surface area contributed by atoms with Gasteiger partial charge in [0.2, 0.25) is 5.91 Å². The highest BCUT2D eigenvalue weighted by molar-refractivity contribution is 5.95. The molecule has 0 spiro atoms. The molecule has 3 rings (SSSR count). The lowest BCUT2D eigenvalue weighted by Gasteiger charge is -2.34. The minimum absolute atomic E-state index is 0.00396. The number of anilines is 1. The second-order valence-corrected chi connectivity index (χ2v) is 7.31. The van der Waals surface area contributed by atoms with E-state index in [1.165, 1.54) is 0 Å². The Bertz CT molecular complexity index is 873. The van der Waals surface area contributed by atoms with Gasteiger partial charge in [0, 0.05) is 37.4 Å². The summed E-state index contributed by atoms with van der Waals surface area (Å²) in [4.78, 5) is 29.2. The quantitative estimate of drug-likeness (QED) is 0.817. The topological polar surface area (TPSA) is 61.9 Å². The third-order valence-corrected chi connectivity index (χ3v) is 5.35. The first-order valence-corrected chi connectivity index (χ1v) is 10.1.